The number of rotatable bonds is 4. The number of carboxylic acid groups (broad SMARTS) is 1. The van der Waals surface area contributed by atoms with Crippen LogP contribution in [0.25, 0.3) is 33.3 Å². The maximum absolute atomic E-state index is 13.9. The number of carbonyl (C=O) groups is 1. The van der Waals surface area contributed by atoms with Crippen LogP contribution in [0.4, 0.5) is 10.2 Å². The van der Waals surface area contributed by atoms with Crippen molar-refractivity contribution >= 4 is 33.7 Å². The highest BCUT2D eigenvalue weighted by molar-refractivity contribution is 5.96. The van der Waals surface area contributed by atoms with Crippen LogP contribution in [0.5, 0.6) is 0 Å². The molecule has 7 rings (SSSR count). The number of benzene rings is 1. The lowest BCUT2D eigenvalue weighted by Crippen LogP contribution is -2.51. The molecule has 3 N–H and O–H groups in total. The van der Waals surface area contributed by atoms with E-state index in [0.29, 0.717) is 34.2 Å². The summed E-state index contributed by atoms with van der Waals surface area (Å²) in [6, 6.07) is 7.15. The van der Waals surface area contributed by atoms with Gasteiger partial charge in [-0.1, -0.05) is 12.1 Å². The summed E-state index contributed by atoms with van der Waals surface area (Å²) in [6.45, 7) is 1.99. The van der Waals surface area contributed by atoms with Crippen molar-refractivity contribution in [2.45, 2.75) is 38.6 Å². The Balaban J connectivity index is 1.51. The van der Waals surface area contributed by atoms with E-state index in [0.717, 1.165) is 42.1 Å². The van der Waals surface area contributed by atoms with Crippen LogP contribution in [0, 0.1) is 30.5 Å². The number of pyridine rings is 1. The molecule has 8 heteroatoms. The minimum absolute atomic E-state index is 0.177. The number of nitrogens with one attached hydrogen (secondary N) is 2. The number of aromatic amines is 1. The van der Waals surface area contributed by atoms with Crippen molar-refractivity contribution in [2.24, 2.45) is 17.8 Å². The average Bonchev–Trinajstić information content (AvgIpc) is 3.23. The molecule has 168 valence electrons. The Kier molecular flexibility index (Phi) is 4.57. The third kappa shape index (κ3) is 3.23. The first-order chi connectivity index (χ1) is 16.0. The van der Waals surface area contributed by atoms with Crippen molar-refractivity contribution in [1.82, 2.24) is 19.9 Å². The van der Waals surface area contributed by atoms with Gasteiger partial charge in [-0.3, -0.25) is 4.79 Å². The summed E-state index contributed by atoms with van der Waals surface area (Å²) < 4.78 is 13.9. The number of hydrogen-bond donors (Lipinski definition) is 3. The quantitative estimate of drug-likeness (QED) is 0.412. The van der Waals surface area contributed by atoms with Crippen LogP contribution in [-0.2, 0) is 4.79 Å². The van der Waals surface area contributed by atoms with Gasteiger partial charge in [-0.2, -0.15) is 0 Å². The predicted molar refractivity (Wildman–Crippen MR) is 123 cm³/mol. The van der Waals surface area contributed by atoms with Gasteiger partial charge in [-0.25, -0.2) is 19.3 Å². The summed E-state index contributed by atoms with van der Waals surface area (Å²) in [5.41, 5.74) is 3.00. The van der Waals surface area contributed by atoms with Crippen LogP contribution < -0.4 is 5.32 Å². The number of carboxylic acids is 1. The fourth-order valence-corrected chi connectivity index (χ4v) is 5.86. The van der Waals surface area contributed by atoms with Crippen molar-refractivity contribution in [3.8, 4) is 11.4 Å². The van der Waals surface area contributed by atoms with Gasteiger partial charge in [0.05, 0.1) is 17.6 Å². The highest BCUT2D eigenvalue weighted by Crippen LogP contribution is 2.46. The van der Waals surface area contributed by atoms with Gasteiger partial charge in [0, 0.05) is 28.6 Å². The van der Waals surface area contributed by atoms with Crippen LogP contribution in [0.2, 0.25) is 0 Å². The summed E-state index contributed by atoms with van der Waals surface area (Å²) in [7, 11) is 0. The molecule has 4 aromatic rings. The number of H-pyrrole nitrogens is 1. The Labute approximate surface area is 189 Å². The minimum atomic E-state index is -0.741. The zero-order valence-corrected chi connectivity index (χ0v) is 18.2. The molecule has 0 amide bonds. The molecule has 0 aliphatic heterocycles. The zero-order chi connectivity index (χ0) is 22.7. The van der Waals surface area contributed by atoms with Gasteiger partial charge < -0.3 is 15.4 Å². The van der Waals surface area contributed by atoms with Crippen LogP contribution in [-0.4, -0.2) is 37.1 Å². The van der Waals surface area contributed by atoms with Gasteiger partial charge in [0.25, 0.3) is 0 Å². The molecule has 3 aliphatic rings. The van der Waals surface area contributed by atoms with Crippen LogP contribution in [0.15, 0.2) is 36.7 Å². The number of nitrogens with zero attached hydrogens (tertiary/aromatic N) is 3. The molecular formula is C25H24FN5O2. The topological polar surface area (TPSA) is 104 Å². The molecule has 0 saturated heterocycles. The first-order valence-corrected chi connectivity index (χ1v) is 11.4. The van der Waals surface area contributed by atoms with E-state index in [1.165, 1.54) is 12.3 Å². The summed E-state index contributed by atoms with van der Waals surface area (Å²) >= 11 is 0. The van der Waals surface area contributed by atoms with Gasteiger partial charge in [-0.15, -0.1) is 0 Å². The van der Waals surface area contributed by atoms with Gasteiger partial charge in [0.2, 0.25) is 0 Å². The summed E-state index contributed by atoms with van der Waals surface area (Å²) in [5.74, 6) is -0.0204. The second kappa shape index (κ2) is 7.50. The highest BCUT2D eigenvalue weighted by Gasteiger charge is 2.47. The first-order valence-electron chi connectivity index (χ1n) is 11.4. The number of aromatic nitrogens is 4. The van der Waals surface area contributed by atoms with E-state index >= 15 is 0 Å². The SMILES string of the molecule is Cc1cccc2c(NC3C4CCC(CC4)C3C(=O)O)nc(-c3c[nH]c4ncc(F)cc34)nc12. The molecule has 2 unspecified atom stereocenters. The van der Waals surface area contributed by atoms with E-state index in [1.54, 1.807) is 6.20 Å². The molecule has 3 heterocycles. The van der Waals surface area contributed by atoms with E-state index in [4.69, 9.17) is 9.97 Å². The fraction of sp³-hybridized carbons (Fsp3) is 0.360. The third-order valence-electron chi connectivity index (χ3n) is 7.47. The third-order valence-corrected chi connectivity index (χ3v) is 7.47. The Bertz CT molecular complexity index is 1390. The van der Waals surface area contributed by atoms with Gasteiger partial charge in [-0.05, 0) is 62.1 Å². The van der Waals surface area contributed by atoms with Crippen LogP contribution >= 0.6 is 0 Å². The molecule has 33 heavy (non-hydrogen) atoms. The molecule has 0 spiro atoms. The lowest BCUT2D eigenvalue weighted by atomic mass is 9.61. The standard InChI is InChI=1S/C25H24FN5O2/c1-12-3-2-4-16-20(12)29-24(18-11-28-22-17(18)9-15(26)10-27-22)31-23(16)30-21-14-7-5-13(6-8-14)19(21)25(32)33/h2-4,9-11,13-14,19,21H,5-8H2,1H3,(H,27,28)(H,32,33)(H,29,30,31). The summed E-state index contributed by atoms with van der Waals surface area (Å²) in [5, 5.41) is 15.0. The van der Waals surface area contributed by atoms with E-state index in [-0.39, 0.29) is 12.0 Å². The van der Waals surface area contributed by atoms with Crippen molar-refractivity contribution in [3.05, 3.63) is 48.0 Å². The van der Waals surface area contributed by atoms with E-state index in [9.17, 15) is 14.3 Å². The average molecular weight is 445 g/mol. The first kappa shape index (κ1) is 20.1. The molecule has 3 saturated carbocycles. The lowest BCUT2D eigenvalue weighted by molar-refractivity contribution is -0.148. The Hall–Kier alpha value is -3.55. The predicted octanol–water partition coefficient (Wildman–Crippen LogP) is 4.92. The molecule has 3 aromatic heterocycles. The molecule has 3 fully saturated rings. The maximum Gasteiger partial charge on any atom is 0.308 e. The van der Waals surface area contributed by atoms with Gasteiger partial charge in [0.15, 0.2) is 5.82 Å². The lowest BCUT2D eigenvalue weighted by Gasteiger charge is -2.47. The van der Waals surface area contributed by atoms with Crippen molar-refractivity contribution in [3.63, 3.8) is 0 Å². The van der Waals surface area contributed by atoms with Crippen molar-refractivity contribution in [1.29, 1.82) is 0 Å². The van der Waals surface area contributed by atoms with Crippen molar-refractivity contribution < 1.29 is 14.3 Å². The highest BCUT2D eigenvalue weighted by atomic mass is 19.1. The van der Waals surface area contributed by atoms with Crippen molar-refractivity contribution in [2.75, 3.05) is 5.32 Å². The number of hydrogen-bond acceptors (Lipinski definition) is 5. The van der Waals surface area contributed by atoms with E-state index in [2.05, 4.69) is 15.3 Å². The largest absolute Gasteiger partial charge is 0.481 e. The molecule has 0 radical (unpaired) electrons. The molecule has 7 nitrogen and oxygen atoms in total. The molecule has 2 bridgehead atoms. The normalized spacial score (nSPS) is 24.4. The minimum Gasteiger partial charge on any atom is -0.481 e. The molecule has 2 atom stereocenters. The Morgan fingerprint density at radius 3 is 2.73 bits per heavy atom. The Morgan fingerprint density at radius 1 is 1.15 bits per heavy atom. The van der Waals surface area contributed by atoms with E-state index < -0.39 is 17.7 Å². The van der Waals surface area contributed by atoms with Crippen LogP contribution in [0.3, 0.4) is 0 Å². The van der Waals surface area contributed by atoms with Gasteiger partial charge >= 0.3 is 5.97 Å². The number of halogens is 1. The molecule has 1 aromatic carbocycles. The second-order valence-corrected chi connectivity index (χ2v) is 9.33. The number of aryl methyl sites for hydroxylation is 1. The smallest absolute Gasteiger partial charge is 0.308 e. The summed E-state index contributed by atoms with van der Waals surface area (Å²) in [6.07, 6.45) is 6.93. The molecule has 3 aliphatic carbocycles. The maximum atomic E-state index is 13.9. The number of aliphatic carboxylic acids is 1. The van der Waals surface area contributed by atoms with Crippen LogP contribution in [0.1, 0.15) is 31.2 Å². The summed E-state index contributed by atoms with van der Waals surface area (Å²) in [4.78, 5) is 29.0. The second-order valence-electron chi connectivity index (χ2n) is 9.33. The zero-order valence-electron chi connectivity index (χ0n) is 18.2. The fourth-order valence-electron chi connectivity index (χ4n) is 5.86. The number of para-hydroxylation sites is 1. The number of fused-ring (bicyclic) bond motifs is 5. The van der Waals surface area contributed by atoms with E-state index in [1.807, 2.05) is 25.1 Å². The van der Waals surface area contributed by atoms with Gasteiger partial charge in [0.1, 0.15) is 17.3 Å². The Morgan fingerprint density at radius 2 is 1.94 bits per heavy atom. The molecular weight excluding hydrogens is 421 g/mol. The number of anilines is 1. The monoisotopic (exact) mass is 445 g/mol.